The Balaban J connectivity index is 1.47. The summed E-state index contributed by atoms with van der Waals surface area (Å²) in [6, 6.07) is 20.0. The zero-order valence-corrected chi connectivity index (χ0v) is 18.4. The molecule has 1 N–H and O–H groups in total. The normalized spacial score (nSPS) is 10.9. The molecule has 1 aromatic heterocycles. The molecule has 1 amide bonds. The summed E-state index contributed by atoms with van der Waals surface area (Å²) in [6.45, 7) is 1.93. The van der Waals surface area contributed by atoms with Gasteiger partial charge in [0.2, 0.25) is 0 Å². The van der Waals surface area contributed by atoms with Crippen molar-refractivity contribution < 1.29 is 13.6 Å². The number of hydrogen-bond donors (Lipinski definition) is 1. The molecule has 0 aliphatic carbocycles. The number of nitrogens with one attached hydrogen (secondary N) is 1. The lowest BCUT2D eigenvalue weighted by molar-refractivity contribution is 0.0943. The van der Waals surface area contributed by atoms with E-state index in [9.17, 15) is 13.6 Å². The third-order valence-corrected chi connectivity index (χ3v) is 5.61. The van der Waals surface area contributed by atoms with E-state index in [1.807, 2.05) is 24.3 Å². The van der Waals surface area contributed by atoms with Crippen LogP contribution in [-0.4, -0.2) is 15.5 Å². The lowest BCUT2D eigenvalue weighted by Crippen LogP contribution is -2.26. The van der Waals surface area contributed by atoms with Crippen LogP contribution in [0.2, 0.25) is 0 Å². The molecule has 4 rings (SSSR count). The first-order valence-electron chi connectivity index (χ1n) is 11.0. The summed E-state index contributed by atoms with van der Waals surface area (Å²) in [5.41, 5.74) is 4.39. The van der Waals surface area contributed by atoms with E-state index in [1.165, 1.54) is 37.0 Å². The summed E-state index contributed by atoms with van der Waals surface area (Å²) in [5, 5.41) is 2.57. The number of carbonyl (C=O) groups is 1. The average Bonchev–Trinajstić information content (AvgIpc) is 3.33. The van der Waals surface area contributed by atoms with Crippen LogP contribution >= 0.6 is 0 Å². The fourth-order valence-electron chi connectivity index (χ4n) is 3.69. The number of unbranched alkanes of at least 4 members (excludes halogenated alkanes) is 1. The van der Waals surface area contributed by atoms with E-state index in [0.29, 0.717) is 0 Å². The number of hydrogen-bond acceptors (Lipinski definition) is 2. The Morgan fingerprint density at radius 2 is 1.58 bits per heavy atom. The number of amides is 1. The van der Waals surface area contributed by atoms with Gasteiger partial charge >= 0.3 is 0 Å². The number of rotatable bonds is 8. The zero-order chi connectivity index (χ0) is 23.2. The zero-order valence-electron chi connectivity index (χ0n) is 18.4. The molecule has 33 heavy (non-hydrogen) atoms. The highest BCUT2D eigenvalue weighted by atomic mass is 19.1. The highest BCUT2D eigenvalue weighted by Gasteiger charge is 2.15. The van der Waals surface area contributed by atoms with Crippen LogP contribution in [0.3, 0.4) is 0 Å². The van der Waals surface area contributed by atoms with Crippen molar-refractivity contribution in [3.8, 4) is 16.8 Å². The van der Waals surface area contributed by atoms with Gasteiger partial charge in [0.1, 0.15) is 17.3 Å². The molecule has 3 aromatic carbocycles. The molecule has 0 aliphatic heterocycles. The molecule has 0 unspecified atom stereocenters. The third kappa shape index (κ3) is 5.17. The third-order valence-electron chi connectivity index (χ3n) is 5.61. The fraction of sp³-hybridized carbons (Fsp3) is 0.185. The van der Waals surface area contributed by atoms with E-state index in [1.54, 1.807) is 4.57 Å². The van der Waals surface area contributed by atoms with Gasteiger partial charge in [-0.15, -0.1) is 0 Å². The first-order valence-corrected chi connectivity index (χ1v) is 11.0. The first kappa shape index (κ1) is 22.4. The SMILES string of the molecule is CCCCc1ccc(-c2ccc(-n3cncc3C(=O)NCc3c(F)cccc3F)cc2)cc1. The van der Waals surface area contributed by atoms with E-state index in [-0.39, 0.29) is 17.8 Å². The van der Waals surface area contributed by atoms with Crippen molar-refractivity contribution in [3.05, 3.63) is 108 Å². The second-order valence-electron chi connectivity index (χ2n) is 7.88. The van der Waals surface area contributed by atoms with Gasteiger partial charge in [0, 0.05) is 17.8 Å². The van der Waals surface area contributed by atoms with E-state index in [4.69, 9.17) is 0 Å². The van der Waals surface area contributed by atoms with Crippen molar-refractivity contribution in [3.63, 3.8) is 0 Å². The maximum absolute atomic E-state index is 13.8. The molecule has 0 aliphatic rings. The molecule has 0 saturated carbocycles. The van der Waals surface area contributed by atoms with Gasteiger partial charge in [-0.2, -0.15) is 0 Å². The predicted octanol–water partition coefficient (Wildman–Crippen LogP) is 6.09. The molecule has 0 saturated heterocycles. The maximum atomic E-state index is 13.8. The van der Waals surface area contributed by atoms with Crippen LogP contribution in [0.5, 0.6) is 0 Å². The molecule has 0 bridgehead atoms. The van der Waals surface area contributed by atoms with E-state index in [0.717, 1.165) is 35.4 Å². The molecular weight excluding hydrogens is 420 g/mol. The van der Waals surface area contributed by atoms with Gasteiger partial charge in [-0.1, -0.05) is 55.8 Å². The van der Waals surface area contributed by atoms with Crippen LogP contribution in [0.4, 0.5) is 8.78 Å². The van der Waals surface area contributed by atoms with Crippen molar-refractivity contribution in [1.82, 2.24) is 14.9 Å². The molecule has 6 heteroatoms. The van der Waals surface area contributed by atoms with Crippen LogP contribution < -0.4 is 5.32 Å². The summed E-state index contributed by atoms with van der Waals surface area (Å²) >= 11 is 0. The molecule has 0 fully saturated rings. The van der Waals surface area contributed by atoms with Crippen molar-refractivity contribution in [2.75, 3.05) is 0 Å². The number of imidazole rings is 1. The Bertz CT molecular complexity index is 1210. The topological polar surface area (TPSA) is 46.9 Å². The summed E-state index contributed by atoms with van der Waals surface area (Å²) in [4.78, 5) is 16.8. The molecular formula is C27H25F2N3O. The van der Waals surface area contributed by atoms with Gasteiger partial charge in [0.25, 0.3) is 5.91 Å². The van der Waals surface area contributed by atoms with E-state index >= 15 is 0 Å². The lowest BCUT2D eigenvalue weighted by Gasteiger charge is -2.11. The number of nitrogens with zero attached hydrogens (tertiary/aromatic N) is 2. The Morgan fingerprint density at radius 3 is 2.21 bits per heavy atom. The van der Waals surface area contributed by atoms with Crippen LogP contribution in [0.15, 0.2) is 79.3 Å². The standard InChI is InChI=1S/C27H25F2N3O/c1-2-3-5-19-8-10-20(11-9-19)21-12-14-22(15-13-21)32-18-30-17-26(32)27(33)31-16-23-24(28)6-4-7-25(23)29/h4,6-15,17-18H,2-3,5,16H2,1H3,(H,31,33). The minimum atomic E-state index is -0.696. The summed E-state index contributed by atoms with van der Waals surface area (Å²) in [7, 11) is 0. The molecule has 0 atom stereocenters. The fourth-order valence-corrected chi connectivity index (χ4v) is 3.69. The van der Waals surface area contributed by atoms with Crippen LogP contribution in [0, 0.1) is 11.6 Å². The highest BCUT2D eigenvalue weighted by molar-refractivity contribution is 5.93. The van der Waals surface area contributed by atoms with Gasteiger partial charge in [-0.3, -0.25) is 9.36 Å². The lowest BCUT2D eigenvalue weighted by atomic mass is 10.0. The Labute approximate surface area is 191 Å². The maximum Gasteiger partial charge on any atom is 0.270 e. The molecule has 0 spiro atoms. The largest absolute Gasteiger partial charge is 0.346 e. The van der Waals surface area contributed by atoms with E-state index in [2.05, 4.69) is 41.5 Å². The average molecular weight is 446 g/mol. The van der Waals surface area contributed by atoms with Crippen molar-refractivity contribution in [1.29, 1.82) is 0 Å². The second kappa shape index (κ2) is 10.2. The van der Waals surface area contributed by atoms with Crippen LogP contribution in [-0.2, 0) is 13.0 Å². The van der Waals surface area contributed by atoms with Crippen molar-refractivity contribution >= 4 is 5.91 Å². The van der Waals surface area contributed by atoms with Crippen LogP contribution in [0.25, 0.3) is 16.8 Å². The van der Waals surface area contributed by atoms with Gasteiger partial charge < -0.3 is 5.32 Å². The molecule has 168 valence electrons. The second-order valence-corrected chi connectivity index (χ2v) is 7.88. The summed E-state index contributed by atoms with van der Waals surface area (Å²) in [5.74, 6) is -1.86. The van der Waals surface area contributed by atoms with Gasteiger partial charge in [-0.05, 0) is 53.8 Å². The van der Waals surface area contributed by atoms with Crippen molar-refractivity contribution in [2.45, 2.75) is 32.7 Å². The number of aryl methyl sites for hydroxylation is 1. The van der Waals surface area contributed by atoms with Gasteiger partial charge in [0.05, 0.1) is 12.5 Å². The summed E-state index contributed by atoms with van der Waals surface area (Å²) in [6.07, 6.45) is 6.42. The predicted molar refractivity (Wildman–Crippen MR) is 125 cm³/mol. The first-order chi connectivity index (χ1) is 16.1. The molecule has 4 aromatic rings. The molecule has 1 heterocycles. The number of halogens is 2. The van der Waals surface area contributed by atoms with Crippen molar-refractivity contribution in [2.24, 2.45) is 0 Å². The number of carbonyl (C=O) groups excluding carboxylic acids is 1. The smallest absolute Gasteiger partial charge is 0.270 e. The van der Waals surface area contributed by atoms with E-state index < -0.39 is 17.5 Å². The number of benzene rings is 3. The van der Waals surface area contributed by atoms with Gasteiger partial charge in [-0.25, -0.2) is 13.8 Å². The quantitative estimate of drug-likeness (QED) is 0.357. The number of aromatic nitrogens is 2. The Hall–Kier alpha value is -3.80. The molecule has 4 nitrogen and oxygen atoms in total. The Morgan fingerprint density at radius 1 is 0.939 bits per heavy atom. The Kier molecular flexibility index (Phi) is 6.93. The molecule has 0 radical (unpaired) electrons. The minimum absolute atomic E-state index is 0.179. The minimum Gasteiger partial charge on any atom is -0.346 e. The van der Waals surface area contributed by atoms with Gasteiger partial charge in [0.15, 0.2) is 0 Å². The monoisotopic (exact) mass is 445 g/mol. The summed E-state index contributed by atoms with van der Waals surface area (Å²) < 4.78 is 29.3. The highest BCUT2D eigenvalue weighted by Crippen LogP contribution is 2.23. The van der Waals surface area contributed by atoms with Crippen LogP contribution in [0.1, 0.15) is 41.4 Å².